The minimum Gasteiger partial charge on any atom is -0.486 e. The fourth-order valence-corrected chi connectivity index (χ4v) is 3.39. The van der Waals surface area contributed by atoms with Crippen LogP contribution < -0.4 is 4.74 Å². The smallest absolute Gasteiger partial charge is 0.201 e. The van der Waals surface area contributed by atoms with Crippen molar-refractivity contribution in [2.24, 2.45) is 0 Å². The molecule has 0 unspecified atom stereocenters. The molecule has 126 valence electrons. The Morgan fingerprint density at radius 1 is 0.958 bits per heavy atom. The first-order valence-electron chi connectivity index (χ1n) is 8.52. The predicted octanol–water partition coefficient (Wildman–Crippen LogP) is 6.24. The van der Waals surface area contributed by atoms with Gasteiger partial charge in [-0.25, -0.2) is 4.39 Å². The van der Waals surface area contributed by atoms with E-state index in [1.54, 1.807) is 6.07 Å². The summed E-state index contributed by atoms with van der Waals surface area (Å²) in [6.07, 6.45) is 7.81. The van der Waals surface area contributed by atoms with Crippen molar-refractivity contribution in [1.82, 2.24) is 0 Å². The standard InChI is InChI=1S/C21H22F2O/c1-2-14-24-19-13-12-18(20(22)21(19)23)17-10-8-16(9-11-17)15-6-4-3-5-7-15/h2,8-13,15H,1,3-7,14H2. The van der Waals surface area contributed by atoms with Crippen molar-refractivity contribution < 1.29 is 13.5 Å². The fourth-order valence-electron chi connectivity index (χ4n) is 3.39. The minimum absolute atomic E-state index is 0.0880. The molecule has 3 rings (SSSR count). The Balaban J connectivity index is 1.83. The van der Waals surface area contributed by atoms with Crippen molar-refractivity contribution in [3.05, 3.63) is 66.3 Å². The Labute approximate surface area is 142 Å². The zero-order valence-corrected chi connectivity index (χ0v) is 13.7. The lowest BCUT2D eigenvalue weighted by atomic mass is 9.83. The van der Waals surface area contributed by atoms with Crippen LogP contribution in [0.1, 0.15) is 43.6 Å². The molecule has 0 amide bonds. The average Bonchev–Trinajstić information content (AvgIpc) is 2.64. The van der Waals surface area contributed by atoms with Gasteiger partial charge in [-0.1, -0.05) is 56.2 Å². The number of hydrogen-bond donors (Lipinski definition) is 0. The minimum atomic E-state index is -0.953. The number of halogens is 2. The van der Waals surface area contributed by atoms with Gasteiger partial charge in [0.2, 0.25) is 5.82 Å². The molecule has 1 aliphatic carbocycles. The summed E-state index contributed by atoms with van der Waals surface area (Å²) in [7, 11) is 0. The molecular weight excluding hydrogens is 306 g/mol. The van der Waals surface area contributed by atoms with Gasteiger partial charge < -0.3 is 4.74 Å². The topological polar surface area (TPSA) is 9.23 Å². The van der Waals surface area contributed by atoms with Crippen LogP contribution in [-0.4, -0.2) is 6.61 Å². The molecule has 0 aliphatic heterocycles. The molecule has 1 aliphatic rings. The lowest BCUT2D eigenvalue weighted by Gasteiger charge is -2.22. The summed E-state index contributed by atoms with van der Waals surface area (Å²) in [4.78, 5) is 0. The molecule has 2 aromatic rings. The molecule has 0 radical (unpaired) electrons. The van der Waals surface area contributed by atoms with Gasteiger partial charge in [0, 0.05) is 5.56 Å². The van der Waals surface area contributed by atoms with Crippen LogP contribution in [0.15, 0.2) is 49.1 Å². The molecule has 24 heavy (non-hydrogen) atoms. The molecular formula is C21H22F2O. The Morgan fingerprint density at radius 3 is 2.33 bits per heavy atom. The van der Waals surface area contributed by atoms with Crippen LogP contribution in [-0.2, 0) is 0 Å². The summed E-state index contributed by atoms with van der Waals surface area (Å²) in [5, 5.41) is 0. The SMILES string of the molecule is C=CCOc1ccc(-c2ccc(C3CCCCC3)cc2)c(F)c1F. The van der Waals surface area contributed by atoms with Crippen molar-refractivity contribution in [3.63, 3.8) is 0 Å². The fraction of sp³-hybridized carbons (Fsp3) is 0.333. The van der Waals surface area contributed by atoms with Gasteiger partial charge in [0.15, 0.2) is 11.6 Å². The third-order valence-electron chi connectivity index (χ3n) is 4.70. The zero-order chi connectivity index (χ0) is 16.9. The van der Waals surface area contributed by atoms with Gasteiger partial charge in [-0.3, -0.25) is 0 Å². The van der Waals surface area contributed by atoms with E-state index in [9.17, 15) is 8.78 Å². The third-order valence-corrected chi connectivity index (χ3v) is 4.70. The van der Waals surface area contributed by atoms with E-state index in [-0.39, 0.29) is 17.9 Å². The molecule has 0 atom stereocenters. The van der Waals surface area contributed by atoms with Crippen LogP contribution in [0.25, 0.3) is 11.1 Å². The van der Waals surface area contributed by atoms with Crippen molar-refractivity contribution >= 4 is 0 Å². The highest BCUT2D eigenvalue weighted by atomic mass is 19.2. The lowest BCUT2D eigenvalue weighted by molar-refractivity contribution is 0.333. The number of ether oxygens (including phenoxy) is 1. The number of rotatable bonds is 5. The summed E-state index contributed by atoms with van der Waals surface area (Å²) in [6, 6.07) is 10.9. The molecule has 0 bridgehead atoms. The van der Waals surface area contributed by atoms with E-state index in [0.29, 0.717) is 11.5 Å². The Bertz CT molecular complexity index is 701. The monoisotopic (exact) mass is 328 g/mol. The Kier molecular flexibility index (Phi) is 5.29. The van der Waals surface area contributed by atoms with E-state index >= 15 is 0 Å². The molecule has 1 fully saturated rings. The second-order valence-corrected chi connectivity index (χ2v) is 6.30. The quantitative estimate of drug-likeness (QED) is 0.590. The van der Waals surface area contributed by atoms with E-state index < -0.39 is 11.6 Å². The van der Waals surface area contributed by atoms with E-state index in [4.69, 9.17) is 4.74 Å². The maximum Gasteiger partial charge on any atom is 0.201 e. The van der Waals surface area contributed by atoms with Gasteiger partial charge >= 0.3 is 0 Å². The Morgan fingerprint density at radius 2 is 1.67 bits per heavy atom. The molecule has 0 N–H and O–H groups in total. The summed E-state index contributed by atoms with van der Waals surface area (Å²) in [5.74, 6) is -1.31. The normalized spacial score (nSPS) is 15.2. The lowest BCUT2D eigenvalue weighted by Crippen LogP contribution is -2.04. The number of hydrogen-bond acceptors (Lipinski definition) is 1. The van der Waals surface area contributed by atoms with E-state index in [0.717, 1.165) is 0 Å². The summed E-state index contributed by atoms with van der Waals surface area (Å²) in [6.45, 7) is 3.64. The maximum atomic E-state index is 14.3. The van der Waals surface area contributed by atoms with E-state index in [1.165, 1.54) is 49.8 Å². The molecule has 1 nitrogen and oxygen atoms in total. The van der Waals surface area contributed by atoms with Crippen molar-refractivity contribution in [2.75, 3.05) is 6.61 Å². The molecule has 3 heteroatoms. The van der Waals surface area contributed by atoms with Crippen molar-refractivity contribution in [3.8, 4) is 16.9 Å². The molecule has 2 aromatic carbocycles. The third kappa shape index (κ3) is 3.50. The van der Waals surface area contributed by atoms with Gasteiger partial charge in [0.05, 0.1) is 0 Å². The highest BCUT2D eigenvalue weighted by Gasteiger charge is 2.18. The Hall–Kier alpha value is -2.16. The highest BCUT2D eigenvalue weighted by Crippen LogP contribution is 2.35. The predicted molar refractivity (Wildman–Crippen MR) is 93.3 cm³/mol. The molecule has 0 saturated heterocycles. The van der Waals surface area contributed by atoms with Crippen LogP contribution in [0.4, 0.5) is 8.78 Å². The van der Waals surface area contributed by atoms with Crippen LogP contribution >= 0.6 is 0 Å². The first-order chi connectivity index (χ1) is 11.7. The van der Waals surface area contributed by atoms with E-state index in [2.05, 4.69) is 6.58 Å². The second kappa shape index (κ2) is 7.61. The van der Waals surface area contributed by atoms with Crippen LogP contribution in [0.3, 0.4) is 0 Å². The summed E-state index contributed by atoms with van der Waals surface area (Å²) in [5.41, 5.74) is 2.24. The van der Waals surface area contributed by atoms with Crippen LogP contribution in [0.2, 0.25) is 0 Å². The zero-order valence-electron chi connectivity index (χ0n) is 13.7. The van der Waals surface area contributed by atoms with Crippen molar-refractivity contribution in [1.29, 1.82) is 0 Å². The first kappa shape index (κ1) is 16.7. The van der Waals surface area contributed by atoms with Gasteiger partial charge in [-0.15, -0.1) is 0 Å². The van der Waals surface area contributed by atoms with Gasteiger partial charge in [-0.2, -0.15) is 4.39 Å². The van der Waals surface area contributed by atoms with Gasteiger partial charge in [-0.05, 0) is 42.0 Å². The van der Waals surface area contributed by atoms with Crippen LogP contribution in [0.5, 0.6) is 5.75 Å². The van der Waals surface area contributed by atoms with Gasteiger partial charge in [0.1, 0.15) is 6.61 Å². The van der Waals surface area contributed by atoms with E-state index in [1.807, 2.05) is 24.3 Å². The molecule has 0 aromatic heterocycles. The highest BCUT2D eigenvalue weighted by molar-refractivity contribution is 5.65. The number of benzene rings is 2. The molecule has 0 spiro atoms. The van der Waals surface area contributed by atoms with Crippen molar-refractivity contribution in [2.45, 2.75) is 38.0 Å². The largest absolute Gasteiger partial charge is 0.486 e. The second-order valence-electron chi connectivity index (χ2n) is 6.30. The summed E-state index contributed by atoms with van der Waals surface area (Å²) >= 11 is 0. The first-order valence-corrected chi connectivity index (χ1v) is 8.52. The van der Waals surface area contributed by atoms with Gasteiger partial charge in [0.25, 0.3) is 0 Å². The molecule has 0 heterocycles. The maximum absolute atomic E-state index is 14.3. The summed E-state index contributed by atoms with van der Waals surface area (Å²) < 4.78 is 33.6. The molecule has 1 saturated carbocycles. The van der Waals surface area contributed by atoms with Crippen LogP contribution in [0, 0.1) is 11.6 Å². The average molecular weight is 328 g/mol.